The number of carbonyl (C=O) groups excluding carboxylic acids is 3. The highest BCUT2D eigenvalue weighted by atomic mass is 19.1. The number of benzene rings is 2. The van der Waals surface area contributed by atoms with Gasteiger partial charge in [-0.1, -0.05) is 30.0 Å². The summed E-state index contributed by atoms with van der Waals surface area (Å²) in [6.45, 7) is 2.02. The van der Waals surface area contributed by atoms with Crippen molar-refractivity contribution in [3.63, 3.8) is 0 Å². The van der Waals surface area contributed by atoms with Crippen molar-refractivity contribution in [3.8, 4) is 11.8 Å². The number of amides is 3. The second-order valence-electron chi connectivity index (χ2n) is 7.18. The molecule has 3 rings (SSSR count). The van der Waals surface area contributed by atoms with Gasteiger partial charge in [-0.3, -0.25) is 9.69 Å². The third-order valence-electron chi connectivity index (χ3n) is 5.14. The Morgan fingerprint density at radius 2 is 1.93 bits per heavy atom. The Bertz CT molecular complexity index is 1030. The molecule has 1 aliphatic rings. The molecule has 0 aromatic heterocycles. The van der Waals surface area contributed by atoms with Crippen LogP contribution < -0.4 is 10.2 Å². The highest BCUT2D eigenvalue weighted by Crippen LogP contribution is 2.26. The minimum atomic E-state index is -1.32. The molecule has 0 bridgehead atoms. The fourth-order valence-corrected chi connectivity index (χ4v) is 3.32. The van der Waals surface area contributed by atoms with E-state index >= 15 is 0 Å². The van der Waals surface area contributed by atoms with Gasteiger partial charge in [0.25, 0.3) is 0 Å². The number of piperazine rings is 1. The fourth-order valence-electron chi connectivity index (χ4n) is 3.32. The highest BCUT2D eigenvalue weighted by Gasteiger charge is 2.45. The molecule has 2 aromatic carbocycles. The largest absolute Gasteiger partial charge is 0.352 e. The Kier molecular flexibility index (Phi) is 6.17. The van der Waals surface area contributed by atoms with Crippen LogP contribution in [0.25, 0.3) is 0 Å². The van der Waals surface area contributed by atoms with E-state index in [4.69, 9.17) is 0 Å². The van der Waals surface area contributed by atoms with Gasteiger partial charge < -0.3 is 15.0 Å². The van der Waals surface area contributed by atoms with Gasteiger partial charge in [-0.15, -0.1) is 0 Å². The van der Waals surface area contributed by atoms with Gasteiger partial charge in [-0.05, 0) is 37.3 Å². The van der Waals surface area contributed by atoms with Gasteiger partial charge >= 0.3 is 6.03 Å². The Morgan fingerprint density at radius 1 is 1.23 bits per heavy atom. The van der Waals surface area contributed by atoms with Crippen LogP contribution >= 0.6 is 0 Å². The average Bonchev–Trinajstić information content (AvgIpc) is 2.74. The molecule has 2 aromatic rings. The van der Waals surface area contributed by atoms with Crippen LogP contribution in [0.1, 0.15) is 24.5 Å². The van der Waals surface area contributed by atoms with Crippen molar-refractivity contribution in [1.29, 1.82) is 0 Å². The van der Waals surface area contributed by atoms with E-state index < -0.39 is 23.3 Å². The van der Waals surface area contributed by atoms with Crippen LogP contribution in [-0.2, 0) is 9.59 Å². The number of nitrogens with one attached hydrogen (secondary N) is 1. The van der Waals surface area contributed by atoms with Crippen LogP contribution in [0.3, 0.4) is 0 Å². The topological polar surface area (TPSA) is 69.7 Å². The number of urea groups is 1. The molecule has 1 saturated heterocycles. The van der Waals surface area contributed by atoms with Gasteiger partial charge in [0.2, 0.25) is 5.91 Å². The minimum Gasteiger partial charge on any atom is -0.352 e. The molecule has 1 heterocycles. The molecule has 154 valence electrons. The zero-order valence-electron chi connectivity index (χ0n) is 16.8. The zero-order valence-corrected chi connectivity index (χ0v) is 16.8. The van der Waals surface area contributed by atoms with Crippen molar-refractivity contribution >= 4 is 23.9 Å². The first kappa shape index (κ1) is 21.1. The van der Waals surface area contributed by atoms with E-state index in [-0.39, 0.29) is 25.2 Å². The average molecular weight is 407 g/mol. The van der Waals surface area contributed by atoms with Gasteiger partial charge in [0, 0.05) is 37.7 Å². The molecule has 1 aliphatic heterocycles. The summed E-state index contributed by atoms with van der Waals surface area (Å²) < 4.78 is 14.8. The highest BCUT2D eigenvalue weighted by molar-refractivity contribution is 5.99. The summed E-state index contributed by atoms with van der Waals surface area (Å²) in [5.74, 6) is 4.84. The maximum absolute atomic E-state index is 14.8. The summed E-state index contributed by atoms with van der Waals surface area (Å²) in [6, 6.07) is 13.2. The first-order valence-electron chi connectivity index (χ1n) is 9.50. The molecule has 0 saturated carbocycles. The molecule has 30 heavy (non-hydrogen) atoms. The third-order valence-corrected chi connectivity index (χ3v) is 5.14. The van der Waals surface area contributed by atoms with E-state index in [1.807, 2.05) is 30.3 Å². The number of rotatable bonds is 3. The quantitative estimate of drug-likeness (QED) is 0.628. The Balaban J connectivity index is 1.83. The molecule has 3 amide bonds. The molecule has 1 N–H and O–H groups in total. The van der Waals surface area contributed by atoms with Gasteiger partial charge in [0.05, 0.1) is 5.69 Å². The lowest BCUT2D eigenvalue weighted by Gasteiger charge is -2.44. The third kappa shape index (κ3) is 4.18. The lowest BCUT2D eigenvalue weighted by atomic mass is 9.93. The second kappa shape index (κ2) is 8.78. The molecule has 1 atom stereocenters. The van der Waals surface area contributed by atoms with E-state index in [0.29, 0.717) is 11.8 Å². The zero-order chi connectivity index (χ0) is 21.7. The van der Waals surface area contributed by atoms with Crippen molar-refractivity contribution < 1.29 is 18.8 Å². The minimum absolute atomic E-state index is 0.0599. The summed E-state index contributed by atoms with van der Waals surface area (Å²) in [5, 5.41) is 2.67. The molecule has 1 unspecified atom stereocenters. The number of anilines is 1. The van der Waals surface area contributed by atoms with E-state index in [0.717, 1.165) is 10.5 Å². The number of aldehydes is 1. The lowest BCUT2D eigenvalue weighted by molar-refractivity contribution is -0.136. The second-order valence-corrected chi connectivity index (χ2v) is 7.18. The van der Waals surface area contributed by atoms with Crippen LogP contribution in [0.4, 0.5) is 14.9 Å². The van der Waals surface area contributed by atoms with Crippen molar-refractivity contribution in [2.24, 2.45) is 0 Å². The summed E-state index contributed by atoms with van der Waals surface area (Å²) in [7, 11) is 1.43. The van der Waals surface area contributed by atoms with E-state index in [1.54, 1.807) is 6.07 Å². The van der Waals surface area contributed by atoms with Crippen LogP contribution in [0.15, 0.2) is 48.5 Å². The normalized spacial score (nSPS) is 18.1. The molecule has 0 aliphatic carbocycles. The van der Waals surface area contributed by atoms with Crippen LogP contribution in [0.2, 0.25) is 0 Å². The van der Waals surface area contributed by atoms with Gasteiger partial charge in [-0.2, -0.15) is 0 Å². The van der Waals surface area contributed by atoms with Gasteiger partial charge in [-0.25, -0.2) is 9.18 Å². The number of nitrogens with zero attached hydrogens (tertiary/aromatic N) is 2. The van der Waals surface area contributed by atoms with E-state index in [1.165, 1.54) is 31.0 Å². The molecule has 0 spiro atoms. The Hall–Kier alpha value is -3.66. The van der Waals surface area contributed by atoms with Crippen molar-refractivity contribution in [1.82, 2.24) is 10.2 Å². The monoisotopic (exact) mass is 407 g/mol. The van der Waals surface area contributed by atoms with Crippen molar-refractivity contribution in [2.75, 3.05) is 25.0 Å². The summed E-state index contributed by atoms with van der Waals surface area (Å²) in [4.78, 5) is 38.9. The van der Waals surface area contributed by atoms with Crippen molar-refractivity contribution in [2.45, 2.75) is 18.9 Å². The maximum Gasteiger partial charge on any atom is 0.325 e. The summed E-state index contributed by atoms with van der Waals surface area (Å²) in [6.07, 6.45) is 0.459. The SMILES string of the molecule is CN(C(=O)N1CCNC(=O)C1(C)CC=O)c1ccc(C#Cc2ccccc2)cc1F. The van der Waals surface area contributed by atoms with Gasteiger partial charge in [0.1, 0.15) is 17.6 Å². The Labute approximate surface area is 174 Å². The number of carbonyl (C=O) groups is 3. The first-order valence-corrected chi connectivity index (χ1v) is 9.50. The predicted octanol–water partition coefficient (Wildman–Crippen LogP) is 2.56. The van der Waals surface area contributed by atoms with Crippen molar-refractivity contribution in [3.05, 3.63) is 65.5 Å². The maximum atomic E-state index is 14.8. The molecule has 6 nitrogen and oxygen atoms in total. The number of halogens is 1. The molecule has 1 fully saturated rings. The molecule has 0 radical (unpaired) electrons. The fraction of sp³-hybridized carbons (Fsp3) is 0.261. The lowest BCUT2D eigenvalue weighted by Crippen LogP contribution is -2.66. The van der Waals surface area contributed by atoms with Gasteiger partial charge in [0.15, 0.2) is 0 Å². The Morgan fingerprint density at radius 3 is 2.60 bits per heavy atom. The summed E-state index contributed by atoms with van der Waals surface area (Å²) >= 11 is 0. The number of hydrogen-bond donors (Lipinski definition) is 1. The molecular weight excluding hydrogens is 385 g/mol. The molecular formula is C23H22FN3O3. The van der Waals surface area contributed by atoms with E-state index in [9.17, 15) is 18.8 Å². The number of hydrogen-bond acceptors (Lipinski definition) is 3. The smallest absolute Gasteiger partial charge is 0.325 e. The summed E-state index contributed by atoms with van der Waals surface area (Å²) in [5.41, 5.74) is 0.0315. The standard InChI is InChI=1S/C23H22FN3O3/c1-23(12-15-28)21(29)25-13-14-27(23)22(30)26(2)20-11-10-18(16-19(20)24)9-8-17-6-4-3-5-7-17/h3-7,10-11,15-16H,12-14H2,1-2H3,(H,25,29). The van der Waals surface area contributed by atoms with Crippen LogP contribution in [0.5, 0.6) is 0 Å². The predicted molar refractivity (Wildman–Crippen MR) is 111 cm³/mol. The molecule has 7 heteroatoms. The van der Waals surface area contributed by atoms with Crippen LogP contribution in [-0.4, -0.2) is 48.8 Å². The first-order chi connectivity index (χ1) is 14.4. The van der Waals surface area contributed by atoms with Crippen LogP contribution in [0, 0.1) is 17.7 Å². The van der Waals surface area contributed by atoms with E-state index in [2.05, 4.69) is 17.2 Å².